The summed E-state index contributed by atoms with van der Waals surface area (Å²) < 4.78 is 56.9. The number of methoxy groups -OCH3 is 1. The van der Waals surface area contributed by atoms with Gasteiger partial charge in [-0.15, -0.1) is 0 Å². The van der Waals surface area contributed by atoms with Gasteiger partial charge in [-0.25, -0.2) is 22.0 Å². The fraction of sp³-hybridized carbons (Fsp3) is 0.133. The van der Waals surface area contributed by atoms with Crippen molar-refractivity contribution in [1.82, 2.24) is 0 Å². The van der Waals surface area contributed by atoms with Crippen LogP contribution in [0.15, 0.2) is 42.5 Å². The van der Waals surface area contributed by atoms with Crippen LogP contribution in [-0.4, -0.2) is 21.5 Å². The van der Waals surface area contributed by atoms with E-state index in [0.717, 1.165) is 12.1 Å². The molecule has 0 amide bonds. The quantitative estimate of drug-likeness (QED) is 0.849. The lowest BCUT2D eigenvalue weighted by Crippen LogP contribution is -2.16. The Kier molecular flexibility index (Phi) is 4.95. The van der Waals surface area contributed by atoms with E-state index in [9.17, 15) is 22.0 Å². The molecule has 122 valence electrons. The number of rotatable bonds is 5. The van der Waals surface area contributed by atoms with Crippen molar-refractivity contribution < 1.29 is 26.7 Å². The third-order valence-electron chi connectivity index (χ3n) is 2.93. The smallest absolute Gasteiger partial charge is 0.337 e. The van der Waals surface area contributed by atoms with Crippen LogP contribution in [0.3, 0.4) is 0 Å². The van der Waals surface area contributed by atoms with Gasteiger partial charge in [-0.05, 0) is 29.8 Å². The fourth-order valence-corrected chi connectivity index (χ4v) is 3.05. The molecule has 0 saturated carbocycles. The Labute approximate surface area is 132 Å². The lowest BCUT2D eigenvalue weighted by Gasteiger charge is -2.09. The van der Waals surface area contributed by atoms with Crippen molar-refractivity contribution in [3.05, 3.63) is 65.2 Å². The monoisotopic (exact) mass is 341 g/mol. The number of hydrogen-bond acceptors (Lipinski definition) is 4. The van der Waals surface area contributed by atoms with Crippen molar-refractivity contribution in [2.75, 3.05) is 11.8 Å². The molecular weight excluding hydrogens is 328 g/mol. The summed E-state index contributed by atoms with van der Waals surface area (Å²) in [7, 11) is -2.65. The molecule has 0 saturated heterocycles. The van der Waals surface area contributed by atoms with Gasteiger partial charge >= 0.3 is 5.97 Å². The maximum atomic E-state index is 13.5. The van der Waals surface area contributed by atoms with Crippen LogP contribution in [0, 0.1) is 11.6 Å². The Morgan fingerprint density at radius 1 is 1.13 bits per heavy atom. The van der Waals surface area contributed by atoms with Crippen LogP contribution < -0.4 is 4.72 Å². The number of benzene rings is 2. The third kappa shape index (κ3) is 4.49. The summed E-state index contributed by atoms with van der Waals surface area (Å²) in [6.07, 6.45) is 0. The van der Waals surface area contributed by atoms with Gasteiger partial charge in [0, 0.05) is 6.07 Å². The first-order chi connectivity index (χ1) is 10.8. The highest BCUT2D eigenvalue weighted by molar-refractivity contribution is 7.91. The maximum absolute atomic E-state index is 13.5. The van der Waals surface area contributed by atoms with Crippen molar-refractivity contribution in [3.8, 4) is 0 Å². The zero-order valence-corrected chi connectivity index (χ0v) is 12.9. The molecule has 2 rings (SSSR count). The standard InChI is InChI=1S/C15H13F2NO4S/c1-22-15(19)11-4-2-10(3-5-11)9-23(20,21)18-14-7-6-12(16)8-13(14)17/h2-8,18H,9H2,1H3. The molecule has 1 N–H and O–H groups in total. The average Bonchev–Trinajstić information content (AvgIpc) is 2.49. The predicted octanol–water partition coefficient (Wildman–Crippen LogP) is 2.69. The number of hydrogen-bond donors (Lipinski definition) is 1. The molecule has 0 atom stereocenters. The molecule has 2 aromatic rings. The average molecular weight is 341 g/mol. The highest BCUT2D eigenvalue weighted by atomic mass is 32.2. The summed E-state index contributed by atoms with van der Waals surface area (Å²) in [6.45, 7) is 0. The van der Waals surface area contributed by atoms with E-state index in [2.05, 4.69) is 4.74 Å². The van der Waals surface area contributed by atoms with Crippen molar-refractivity contribution in [2.45, 2.75) is 5.75 Å². The topological polar surface area (TPSA) is 72.5 Å². The van der Waals surface area contributed by atoms with E-state index >= 15 is 0 Å². The molecule has 0 bridgehead atoms. The van der Waals surface area contributed by atoms with Crippen molar-refractivity contribution in [1.29, 1.82) is 0 Å². The zero-order valence-electron chi connectivity index (χ0n) is 12.0. The van der Waals surface area contributed by atoms with Crippen LogP contribution in [0.1, 0.15) is 15.9 Å². The van der Waals surface area contributed by atoms with E-state index in [1.165, 1.54) is 31.4 Å². The molecule has 8 heteroatoms. The van der Waals surface area contributed by atoms with E-state index < -0.39 is 33.4 Å². The molecule has 5 nitrogen and oxygen atoms in total. The summed E-state index contributed by atoms with van der Waals surface area (Å²) >= 11 is 0. The fourth-order valence-electron chi connectivity index (χ4n) is 1.85. The Morgan fingerprint density at radius 3 is 2.35 bits per heavy atom. The van der Waals surface area contributed by atoms with Crippen LogP contribution in [-0.2, 0) is 20.5 Å². The molecule has 0 aliphatic heterocycles. The lowest BCUT2D eigenvalue weighted by atomic mass is 10.1. The van der Waals surface area contributed by atoms with Gasteiger partial charge in [0.15, 0.2) is 0 Å². The summed E-state index contributed by atoms with van der Waals surface area (Å²) in [4.78, 5) is 11.3. The third-order valence-corrected chi connectivity index (χ3v) is 4.17. The molecule has 0 aliphatic carbocycles. The summed E-state index contributed by atoms with van der Waals surface area (Å²) in [5.74, 6) is -2.77. The summed E-state index contributed by atoms with van der Waals surface area (Å²) in [5, 5.41) is 0. The van der Waals surface area contributed by atoms with E-state index in [1.807, 2.05) is 4.72 Å². The van der Waals surface area contributed by atoms with Gasteiger partial charge in [0.05, 0.1) is 24.1 Å². The number of nitrogens with one attached hydrogen (secondary N) is 1. The van der Waals surface area contributed by atoms with Gasteiger partial charge in [-0.2, -0.15) is 0 Å². The highest BCUT2D eigenvalue weighted by Gasteiger charge is 2.15. The molecular formula is C15H13F2NO4S. The van der Waals surface area contributed by atoms with Crippen LogP contribution in [0.25, 0.3) is 0 Å². The molecule has 0 radical (unpaired) electrons. The lowest BCUT2D eigenvalue weighted by molar-refractivity contribution is 0.0600. The van der Waals surface area contributed by atoms with Crippen LogP contribution in [0.2, 0.25) is 0 Å². The first-order valence-corrected chi connectivity index (χ1v) is 8.09. The molecule has 0 heterocycles. The minimum absolute atomic E-state index is 0.284. The molecule has 2 aromatic carbocycles. The van der Waals surface area contributed by atoms with E-state index in [1.54, 1.807) is 0 Å². The largest absolute Gasteiger partial charge is 0.465 e. The summed E-state index contributed by atoms with van der Waals surface area (Å²) in [5.41, 5.74) is 0.344. The maximum Gasteiger partial charge on any atom is 0.337 e. The number of ether oxygens (including phenoxy) is 1. The molecule has 0 spiro atoms. The number of anilines is 1. The van der Waals surface area contributed by atoms with Gasteiger partial charge in [-0.3, -0.25) is 4.72 Å². The van der Waals surface area contributed by atoms with Crippen molar-refractivity contribution in [3.63, 3.8) is 0 Å². The minimum atomic E-state index is -3.89. The Morgan fingerprint density at radius 2 is 1.78 bits per heavy atom. The molecule has 0 fully saturated rings. The molecule has 0 aromatic heterocycles. The van der Waals surface area contributed by atoms with Gasteiger partial charge < -0.3 is 4.74 Å². The van der Waals surface area contributed by atoms with E-state index in [-0.39, 0.29) is 11.3 Å². The second kappa shape index (κ2) is 6.74. The van der Waals surface area contributed by atoms with E-state index in [4.69, 9.17) is 0 Å². The number of esters is 1. The second-order valence-electron chi connectivity index (χ2n) is 4.67. The second-order valence-corrected chi connectivity index (χ2v) is 6.40. The first-order valence-electron chi connectivity index (χ1n) is 6.43. The molecule has 0 aliphatic rings. The van der Waals surface area contributed by atoms with Crippen molar-refractivity contribution in [2.24, 2.45) is 0 Å². The number of sulfonamides is 1. The van der Waals surface area contributed by atoms with E-state index in [0.29, 0.717) is 11.6 Å². The highest BCUT2D eigenvalue weighted by Crippen LogP contribution is 2.18. The van der Waals surface area contributed by atoms with Gasteiger partial charge in [0.2, 0.25) is 10.0 Å². The normalized spacial score (nSPS) is 11.1. The Bertz CT molecular complexity index is 820. The van der Waals surface area contributed by atoms with Crippen LogP contribution in [0.5, 0.6) is 0 Å². The first kappa shape index (κ1) is 16.9. The Hall–Kier alpha value is -2.48. The summed E-state index contributed by atoms with van der Waals surface area (Å²) in [6, 6.07) is 8.29. The SMILES string of the molecule is COC(=O)c1ccc(CS(=O)(=O)Nc2ccc(F)cc2F)cc1. The predicted molar refractivity (Wildman–Crippen MR) is 80.4 cm³/mol. The van der Waals surface area contributed by atoms with Gasteiger partial charge in [-0.1, -0.05) is 12.1 Å². The number of carbonyl (C=O) groups excluding carboxylic acids is 1. The Balaban J connectivity index is 2.13. The number of halogens is 2. The molecule has 23 heavy (non-hydrogen) atoms. The van der Waals surface area contributed by atoms with Crippen molar-refractivity contribution >= 4 is 21.7 Å². The van der Waals surface area contributed by atoms with Gasteiger partial charge in [0.1, 0.15) is 11.6 Å². The number of carbonyl (C=O) groups is 1. The van der Waals surface area contributed by atoms with Crippen LogP contribution in [0.4, 0.5) is 14.5 Å². The van der Waals surface area contributed by atoms with Crippen LogP contribution >= 0.6 is 0 Å². The van der Waals surface area contributed by atoms with Gasteiger partial charge in [0.25, 0.3) is 0 Å². The minimum Gasteiger partial charge on any atom is -0.465 e. The zero-order chi connectivity index (χ0) is 17.0. The molecule has 0 unspecified atom stereocenters.